The molecule has 4 rings (SSSR count). The first kappa shape index (κ1) is 20.5. The summed E-state index contributed by atoms with van der Waals surface area (Å²) in [5.41, 5.74) is 1.44. The van der Waals surface area contributed by atoms with Crippen molar-refractivity contribution in [3.8, 4) is 5.69 Å². The fourth-order valence-electron chi connectivity index (χ4n) is 3.58. The minimum atomic E-state index is -0.552. The van der Waals surface area contributed by atoms with E-state index in [0.29, 0.717) is 23.7 Å². The minimum absolute atomic E-state index is 0.0478. The van der Waals surface area contributed by atoms with Gasteiger partial charge >= 0.3 is 5.97 Å². The number of morpholine rings is 1. The zero-order valence-electron chi connectivity index (χ0n) is 16.9. The number of esters is 1. The molecule has 2 aromatic heterocycles. The van der Waals surface area contributed by atoms with E-state index in [-0.39, 0.29) is 30.5 Å². The number of aromatic nitrogens is 2. The SMILES string of the molecule is Cc1nn(-c2ccc(F)cc2)c2sc(C(=O)OCC(=O)N3CC(C)OC(C)C3)cc12. The Morgan fingerprint density at radius 1 is 1.23 bits per heavy atom. The van der Waals surface area contributed by atoms with E-state index in [1.807, 2.05) is 20.8 Å². The summed E-state index contributed by atoms with van der Waals surface area (Å²) in [4.78, 5) is 27.8. The van der Waals surface area contributed by atoms with Crippen LogP contribution in [0.15, 0.2) is 30.3 Å². The van der Waals surface area contributed by atoms with E-state index in [2.05, 4.69) is 5.10 Å². The van der Waals surface area contributed by atoms with Gasteiger partial charge in [0, 0.05) is 18.5 Å². The maximum atomic E-state index is 13.2. The van der Waals surface area contributed by atoms with Gasteiger partial charge in [-0.05, 0) is 51.1 Å². The molecule has 0 aliphatic carbocycles. The van der Waals surface area contributed by atoms with Gasteiger partial charge in [0.05, 0.1) is 23.6 Å². The molecule has 0 N–H and O–H groups in total. The Morgan fingerprint density at radius 3 is 2.57 bits per heavy atom. The van der Waals surface area contributed by atoms with Crippen LogP contribution in [0, 0.1) is 12.7 Å². The van der Waals surface area contributed by atoms with E-state index in [4.69, 9.17) is 9.47 Å². The highest BCUT2D eigenvalue weighted by Crippen LogP contribution is 2.31. The van der Waals surface area contributed by atoms with Crippen LogP contribution in [0.1, 0.15) is 29.2 Å². The van der Waals surface area contributed by atoms with E-state index >= 15 is 0 Å². The van der Waals surface area contributed by atoms with Gasteiger partial charge in [-0.25, -0.2) is 13.9 Å². The fourth-order valence-corrected chi connectivity index (χ4v) is 4.65. The van der Waals surface area contributed by atoms with E-state index in [9.17, 15) is 14.0 Å². The fraction of sp³-hybridized carbons (Fsp3) is 0.381. The molecule has 1 amide bonds. The zero-order valence-corrected chi connectivity index (χ0v) is 17.7. The van der Waals surface area contributed by atoms with Gasteiger partial charge in [-0.1, -0.05) is 0 Å². The van der Waals surface area contributed by atoms with Crippen molar-refractivity contribution in [1.82, 2.24) is 14.7 Å². The summed E-state index contributed by atoms with van der Waals surface area (Å²) in [6.07, 6.45) is -0.0956. The number of rotatable bonds is 4. The first-order valence-corrected chi connectivity index (χ1v) is 10.5. The van der Waals surface area contributed by atoms with Crippen LogP contribution < -0.4 is 0 Å². The molecule has 0 radical (unpaired) electrons. The smallest absolute Gasteiger partial charge is 0.348 e. The number of fused-ring (bicyclic) bond motifs is 1. The Balaban J connectivity index is 1.48. The first-order valence-electron chi connectivity index (χ1n) is 9.67. The molecule has 0 saturated carbocycles. The van der Waals surface area contributed by atoms with Gasteiger partial charge in [-0.15, -0.1) is 11.3 Å². The molecule has 0 spiro atoms. The maximum Gasteiger partial charge on any atom is 0.348 e. The lowest BCUT2D eigenvalue weighted by atomic mass is 10.2. The number of hydrogen-bond acceptors (Lipinski definition) is 6. The number of hydrogen-bond donors (Lipinski definition) is 0. The molecule has 1 fully saturated rings. The number of halogens is 1. The van der Waals surface area contributed by atoms with Crippen LogP contribution >= 0.6 is 11.3 Å². The minimum Gasteiger partial charge on any atom is -0.451 e. The number of aryl methyl sites for hydroxylation is 1. The number of carbonyl (C=O) groups excluding carboxylic acids is 2. The van der Waals surface area contributed by atoms with E-state index in [1.54, 1.807) is 27.8 Å². The highest BCUT2D eigenvalue weighted by atomic mass is 32.1. The lowest BCUT2D eigenvalue weighted by Gasteiger charge is -2.35. The van der Waals surface area contributed by atoms with Gasteiger partial charge in [-0.2, -0.15) is 5.10 Å². The number of nitrogens with zero attached hydrogens (tertiary/aromatic N) is 3. The number of amides is 1. The topological polar surface area (TPSA) is 73.7 Å². The molecule has 1 saturated heterocycles. The van der Waals surface area contributed by atoms with Crippen molar-refractivity contribution in [1.29, 1.82) is 0 Å². The van der Waals surface area contributed by atoms with Crippen molar-refractivity contribution in [2.24, 2.45) is 0 Å². The Hall–Kier alpha value is -2.78. The van der Waals surface area contributed by atoms with Crippen LogP contribution in [0.4, 0.5) is 4.39 Å². The number of carbonyl (C=O) groups is 2. The third-order valence-electron chi connectivity index (χ3n) is 4.92. The maximum absolute atomic E-state index is 13.2. The zero-order chi connectivity index (χ0) is 21.4. The standard InChI is InChI=1S/C21H22FN3O4S/c1-12-9-24(10-13(2)29-12)19(26)11-28-21(27)18-8-17-14(3)23-25(20(17)30-18)16-6-4-15(22)5-7-16/h4-8,12-13H,9-11H2,1-3H3. The molecule has 0 bridgehead atoms. The lowest BCUT2D eigenvalue weighted by molar-refractivity contribution is -0.146. The van der Waals surface area contributed by atoms with Crippen molar-refractivity contribution in [3.63, 3.8) is 0 Å². The summed E-state index contributed by atoms with van der Waals surface area (Å²) in [5, 5.41) is 5.30. The van der Waals surface area contributed by atoms with Crippen molar-refractivity contribution < 1.29 is 23.5 Å². The second kappa shape index (κ2) is 8.16. The van der Waals surface area contributed by atoms with Crippen LogP contribution in [0.5, 0.6) is 0 Å². The predicted octanol–water partition coefficient (Wildman–Crippen LogP) is 3.33. The number of ether oxygens (including phenoxy) is 2. The molecule has 1 aliphatic rings. The molecule has 2 atom stereocenters. The summed E-state index contributed by atoms with van der Waals surface area (Å²) in [5.74, 6) is -1.12. The molecule has 1 aliphatic heterocycles. The van der Waals surface area contributed by atoms with Crippen molar-refractivity contribution in [3.05, 3.63) is 46.7 Å². The Labute approximate surface area is 177 Å². The van der Waals surface area contributed by atoms with E-state index in [0.717, 1.165) is 15.9 Å². The molecule has 1 aromatic carbocycles. The van der Waals surface area contributed by atoms with Gasteiger partial charge in [0.25, 0.3) is 5.91 Å². The van der Waals surface area contributed by atoms with Gasteiger partial charge in [0.1, 0.15) is 15.5 Å². The van der Waals surface area contributed by atoms with Crippen molar-refractivity contribution in [2.75, 3.05) is 19.7 Å². The molecule has 9 heteroatoms. The monoisotopic (exact) mass is 431 g/mol. The Kier molecular flexibility index (Phi) is 5.57. The normalized spacial score (nSPS) is 19.3. The van der Waals surface area contributed by atoms with Gasteiger partial charge in [0.15, 0.2) is 6.61 Å². The van der Waals surface area contributed by atoms with Gasteiger partial charge < -0.3 is 14.4 Å². The van der Waals surface area contributed by atoms with Gasteiger partial charge in [0.2, 0.25) is 0 Å². The average Bonchev–Trinajstić information content (AvgIpc) is 3.26. The van der Waals surface area contributed by atoms with Gasteiger partial charge in [-0.3, -0.25) is 4.79 Å². The lowest BCUT2D eigenvalue weighted by Crippen LogP contribution is -2.49. The average molecular weight is 431 g/mol. The van der Waals surface area contributed by atoms with Crippen LogP contribution in [-0.4, -0.2) is 58.5 Å². The quantitative estimate of drug-likeness (QED) is 0.593. The Morgan fingerprint density at radius 2 is 1.90 bits per heavy atom. The van der Waals surface area contributed by atoms with Crippen molar-refractivity contribution in [2.45, 2.75) is 33.0 Å². The molecule has 7 nitrogen and oxygen atoms in total. The largest absolute Gasteiger partial charge is 0.451 e. The summed E-state index contributed by atoms with van der Waals surface area (Å²) in [6, 6.07) is 7.69. The summed E-state index contributed by atoms with van der Waals surface area (Å²) in [6.45, 7) is 6.31. The van der Waals surface area contributed by atoms with Crippen LogP contribution in [-0.2, 0) is 14.3 Å². The number of thiophene rings is 1. The second-order valence-corrected chi connectivity index (χ2v) is 8.47. The molecular weight excluding hydrogens is 409 g/mol. The van der Waals surface area contributed by atoms with E-state index in [1.165, 1.54) is 23.5 Å². The van der Waals surface area contributed by atoms with E-state index < -0.39 is 5.97 Å². The van der Waals surface area contributed by atoms with Crippen LogP contribution in [0.25, 0.3) is 15.9 Å². The Bertz CT molecular complexity index is 1080. The van der Waals surface area contributed by atoms with Crippen molar-refractivity contribution >= 4 is 33.4 Å². The molecule has 2 unspecified atom stereocenters. The highest BCUT2D eigenvalue weighted by Gasteiger charge is 2.27. The molecule has 158 valence electrons. The molecule has 3 aromatic rings. The highest BCUT2D eigenvalue weighted by molar-refractivity contribution is 7.20. The molecule has 30 heavy (non-hydrogen) atoms. The summed E-state index contributed by atoms with van der Waals surface area (Å²) < 4.78 is 25.8. The van der Waals surface area contributed by atoms with Crippen LogP contribution in [0.2, 0.25) is 0 Å². The second-order valence-electron chi connectivity index (χ2n) is 7.44. The molecular formula is C21H22FN3O4S. The predicted molar refractivity (Wildman–Crippen MR) is 111 cm³/mol. The third-order valence-corrected chi connectivity index (χ3v) is 6.01. The molecule has 3 heterocycles. The van der Waals surface area contributed by atoms with Crippen LogP contribution in [0.3, 0.4) is 0 Å². The summed E-state index contributed by atoms with van der Waals surface area (Å²) in [7, 11) is 0. The summed E-state index contributed by atoms with van der Waals surface area (Å²) >= 11 is 1.23. The third kappa shape index (κ3) is 4.08. The number of benzene rings is 1. The first-order chi connectivity index (χ1) is 14.3.